The van der Waals surface area contributed by atoms with Crippen molar-refractivity contribution in [1.29, 1.82) is 0 Å². The van der Waals surface area contributed by atoms with Crippen LogP contribution in [0.2, 0.25) is 0 Å². The SMILES string of the molecule is CC(C)n1cnc2cc(-c3ccc4c(c3)N([C@H]3C[C@@H](N5CCCCC5)C3)C(=O)C43CCN(C(=O)C4(C)CCN(C(=O)[C@H]5CC[C@H](Cn6cc7cc(C8CCC(=O)NC8=O)ccc7n6)CC5)CC4)CC3)nc(Nc3ccccc3F)c21. The number of hydrogen-bond donors (Lipinski definition) is 2. The molecule has 3 aromatic heterocycles. The van der Waals surface area contributed by atoms with Gasteiger partial charge in [0.1, 0.15) is 11.3 Å². The Balaban J connectivity index is 0.666. The maximum atomic E-state index is 15.4. The molecular formula is C63H74FN11O5. The van der Waals surface area contributed by atoms with Gasteiger partial charge in [-0.3, -0.25) is 34.0 Å². The van der Waals surface area contributed by atoms with E-state index < -0.39 is 10.8 Å². The number of amides is 5. The van der Waals surface area contributed by atoms with Gasteiger partial charge in [0.25, 0.3) is 0 Å². The van der Waals surface area contributed by atoms with Gasteiger partial charge in [0, 0.05) is 91.4 Å². The van der Waals surface area contributed by atoms with Gasteiger partial charge in [-0.25, -0.2) is 14.4 Å². The Labute approximate surface area is 466 Å². The fourth-order valence-electron chi connectivity index (χ4n) is 14.8. The second-order valence-electron chi connectivity index (χ2n) is 25.0. The molecule has 2 saturated carbocycles. The summed E-state index contributed by atoms with van der Waals surface area (Å²) in [6.07, 6.45) is 16.2. The number of benzene rings is 3. The minimum atomic E-state index is -0.753. The number of para-hydroxylation sites is 1. The molecule has 17 heteroatoms. The second kappa shape index (κ2) is 20.8. The largest absolute Gasteiger partial charge is 0.342 e. The number of halogens is 1. The van der Waals surface area contributed by atoms with E-state index in [1.165, 1.54) is 25.3 Å². The third kappa shape index (κ3) is 9.43. The quantitative estimate of drug-likeness (QED) is 0.119. The molecule has 13 rings (SSSR count). The van der Waals surface area contributed by atoms with Crippen LogP contribution in [-0.4, -0.2) is 120 Å². The molecule has 7 aliphatic rings. The Morgan fingerprint density at radius 3 is 2.30 bits per heavy atom. The molecule has 16 nitrogen and oxygen atoms in total. The lowest BCUT2D eigenvalue weighted by Gasteiger charge is -2.48. The van der Waals surface area contributed by atoms with Crippen LogP contribution in [0.5, 0.6) is 0 Å². The highest BCUT2D eigenvalue weighted by Gasteiger charge is 2.57. The molecule has 5 amide bonds. The highest BCUT2D eigenvalue weighted by Crippen LogP contribution is 2.53. The van der Waals surface area contributed by atoms with Crippen molar-refractivity contribution in [2.45, 2.75) is 153 Å². The minimum Gasteiger partial charge on any atom is -0.342 e. The molecule has 5 aliphatic heterocycles. The first-order valence-corrected chi connectivity index (χ1v) is 29.7. The van der Waals surface area contributed by atoms with E-state index in [-0.39, 0.29) is 59.3 Å². The van der Waals surface area contributed by atoms with Gasteiger partial charge in [-0.15, -0.1) is 0 Å². The molecule has 6 fully saturated rings. The fourth-order valence-corrected chi connectivity index (χ4v) is 14.8. The van der Waals surface area contributed by atoms with Crippen molar-refractivity contribution >= 4 is 68.7 Å². The number of aromatic nitrogens is 5. The molecule has 80 heavy (non-hydrogen) atoms. The zero-order valence-corrected chi connectivity index (χ0v) is 46.5. The molecule has 4 saturated heterocycles. The summed E-state index contributed by atoms with van der Waals surface area (Å²) in [6.45, 7) is 11.3. The van der Waals surface area contributed by atoms with E-state index in [2.05, 4.69) is 59.4 Å². The second-order valence-corrected chi connectivity index (χ2v) is 25.0. The number of carbonyl (C=O) groups excluding carboxylic acids is 5. The summed E-state index contributed by atoms with van der Waals surface area (Å²) in [7, 11) is 0. The predicted octanol–water partition coefficient (Wildman–Crippen LogP) is 9.79. The molecule has 3 aromatic carbocycles. The van der Waals surface area contributed by atoms with Crippen LogP contribution in [0.4, 0.5) is 21.6 Å². The third-order valence-corrected chi connectivity index (χ3v) is 19.8. The number of imide groups is 1. The lowest BCUT2D eigenvalue weighted by molar-refractivity contribution is -0.150. The number of piperidine rings is 4. The van der Waals surface area contributed by atoms with E-state index >= 15 is 9.18 Å². The number of imidazole rings is 1. The van der Waals surface area contributed by atoms with Gasteiger partial charge in [-0.05, 0) is 164 Å². The number of fused-ring (bicyclic) bond motifs is 4. The van der Waals surface area contributed by atoms with Gasteiger partial charge in [-0.2, -0.15) is 5.10 Å². The van der Waals surface area contributed by atoms with Crippen molar-refractivity contribution in [3.63, 3.8) is 0 Å². The number of likely N-dealkylation sites (tertiary alicyclic amines) is 3. The number of nitrogens with one attached hydrogen (secondary N) is 2. The number of nitrogens with zero attached hydrogens (tertiary/aromatic N) is 9. The van der Waals surface area contributed by atoms with Gasteiger partial charge in [0.15, 0.2) is 5.82 Å². The van der Waals surface area contributed by atoms with Gasteiger partial charge in [0.05, 0.1) is 40.1 Å². The Morgan fingerprint density at radius 1 is 0.812 bits per heavy atom. The van der Waals surface area contributed by atoms with Crippen LogP contribution in [0, 0.1) is 23.1 Å². The van der Waals surface area contributed by atoms with Gasteiger partial charge >= 0.3 is 0 Å². The van der Waals surface area contributed by atoms with Crippen molar-refractivity contribution < 1.29 is 28.4 Å². The van der Waals surface area contributed by atoms with Crippen LogP contribution in [0.15, 0.2) is 79.3 Å². The Bertz CT molecular complexity index is 3410. The number of hydrogen-bond acceptors (Lipinski definition) is 10. The van der Waals surface area contributed by atoms with Crippen LogP contribution in [0.1, 0.15) is 140 Å². The molecule has 8 heterocycles. The van der Waals surface area contributed by atoms with Crippen molar-refractivity contribution in [3.05, 3.63) is 96.2 Å². The van der Waals surface area contributed by atoms with Crippen molar-refractivity contribution in [3.8, 4) is 11.3 Å². The Morgan fingerprint density at radius 2 is 1.56 bits per heavy atom. The van der Waals surface area contributed by atoms with Crippen LogP contribution >= 0.6 is 0 Å². The molecule has 2 aliphatic carbocycles. The van der Waals surface area contributed by atoms with E-state index in [0.29, 0.717) is 93.9 Å². The first kappa shape index (κ1) is 52.4. The summed E-state index contributed by atoms with van der Waals surface area (Å²) >= 11 is 0. The zero-order chi connectivity index (χ0) is 55.0. The fraction of sp³-hybridized carbons (Fsp3) is 0.524. The summed E-state index contributed by atoms with van der Waals surface area (Å²) in [6, 6.07) is 21.5. The maximum Gasteiger partial charge on any atom is 0.238 e. The number of pyridine rings is 1. The molecule has 6 aromatic rings. The highest BCUT2D eigenvalue weighted by molar-refractivity contribution is 6.10. The molecule has 0 radical (unpaired) electrons. The van der Waals surface area contributed by atoms with Gasteiger partial charge in [-0.1, -0.05) is 43.7 Å². The molecule has 418 valence electrons. The molecule has 1 atom stereocenters. The third-order valence-electron chi connectivity index (χ3n) is 19.8. The monoisotopic (exact) mass is 1080 g/mol. The number of rotatable bonds is 11. The average Bonchev–Trinajstić information content (AvgIpc) is 4.35. The average molecular weight is 1080 g/mol. The molecule has 1 unspecified atom stereocenters. The summed E-state index contributed by atoms with van der Waals surface area (Å²) in [5.41, 5.74) is 5.76. The smallest absolute Gasteiger partial charge is 0.238 e. The highest BCUT2D eigenvalue weighted by atomic mass is 19.1. The first-order chi connectivity index (χ1) is 38.7. The van der Waals surface area contributed by atoms with Crippen LogP contribution < -0.4 is 15.5 Å². The lowest BCUT2D eigenvalue weighted by Crippen LogP contribution is -2.59. The molecule has 2 N–H and O–H groups in total. The van der Waals surface area contributed by atoms with E-state index in [9.17, 15) is 19.2 Å². The van der Waals surface area contributed by atoms with Gasteiger partial charge in [0.2, 0.25) is 29.5 Å². The Hall–Kier alpha value is -7.01. The van der Waals surface area contributed by atoms with Crippen molar-refractivity contribution in [2.24, 2.45) is 17.3 Å². The van der Waals surface area contributed by atoms with E-state index in [1.807, 2.05) is 55.8 Å². The molecule has 1 spiro atoms. The van der Waals surface area contributed by atoms with Crippen LogP contribution in [0.25, 0.3) is 33.2 Å². The number of anilines is 3. The summed E-state index contributed by atoms with van der Waals surface area (Å²) in [4.78, 5) is 87.1. The first-order valence-electron chi connectivity index (χ1n) is 29.7. The maximum absolute atomic E-state index is 15.4. The summed E-state index contributed by atoms with van der Waals surface area (Å²) in [5, 5.41) is 11.6. The zero-order valence-electron chi connectivity index (χ0n) is 46.5. The molecule has 0 bridgehead atoms. The standard InChI is InChI=1S/C63H74FN11O5/c1-39(2)74-38-65-53-35-52(67-57(56(53)74)66-51-10-6-5-9-49(51)64)43-15-18-48-54(32-43)75(46-33-45(34-46)70-25-7-4-8-26-70)61(80)63(48)23-29-72(30-24-63)60(79)62(3)21-27-71(28-22-62)59(78)41-13-11-40(12-14-41)36-73-37-44-31-42(16-19-50(44)69-73)47-17-20-55(76)68-58(47)77/h5-6,9-10,15-16,18-19,31-32,35,37-41,45-47H,4,7-8,11-14,17,20-30,33-34,36H2,1-3H3,(H,66,67)(H,68,76,77)/t40-,41-,45-,46+,47?. The van der Waals surface area contributed by atoms with Crippen LogP contribution in [0.3, 0.4) is 0 Å². The topological polar surface area (TPSA) is 171 Å². The van der Waals surface area contributed by atoms with Crippen molar-refractivity contribution in [1.82, 2.24) is 44.3 Å². The number of carbonyl (C=O) groups is 5. The lowest BCUT2D eigenvalue weighted by atomic mass is 9.72. The van der Waals surface area contributed by atoms with E-state index in [1.54, 1.807) is 18.2 Å². The summed E-state index contributed by atoms with van der Waals surface area (Å²) in [5.74, 6) is 0.198. The van der Waals surface area contributed by atoms with Crippen molar-refractivity contribution in [2.75, 3.05) is 49.5 Å². The minimum absolute atomic E-state index is 0.0232. The normalized spacial score (nSPS) is 25.1. The van der Waals surface area contributed by atoms with E-state index in [0.717, 1.165) is 102 Å². The van der Waals surface area contributed by atoms with E-state index in [4.69, 9.17) is 15.1 Å². The predicted molar refractivity (Wildman–Crippen MR) is 304 cm³/mol. The Kier molecular flexibility index (Phi) is 13.6. The summed E-state index contributed by atoms with van der Waals surface area (Å²) < 4.78 is 19.2. The van der Waals surface area contributed by atoms with Crippen LogP contribution in [-0.2, 0) is 35.9 Å². The van der Waals surface area contributed by atoms with Gasteiger partial charge < -0.3 is 29.5 Å². The molecular weight excluding hydrogens is 1010 g/mol.